The van der Waals surface area contributed by atoms with E-state index in [1.54, 1.807) is 0 Å². The monoisotopic (exact) mass is 265 g/mol. The van der Waals surface area contributed by atoms with Crippen molar-refractivity contribution in [3.8, 4) is 0 Å². The summed E-state index contributed by atoms with van der Waals surface area (Å²) in [5.41, 5.74) is 0.348. The zero-order chi connectivity index (χ0) is 8.32. The molecule has 1 unspecified atom stereocenters. The molecule has 1 fully saturated rings. The molecule has 1 rings (SSSR count). The summed E-state index contributed by atoms with van der Waals surface area (Å²) in [6.45, 7) is 6.62. The highest BCUT2D eigenvalue weighted by atomic mass is 127. The summed E-state index contributed by atoms with van der Waals surface area (Å²) in [5, 5.41) is 0. The van der Waals surface area contributed by atoms with Crippen LogP contribution >= 0.6 is 22.6 Å². The van der Waals surface area contributed by atoms with Crippen LogP contribution in [-0.4, -0.2) is 4.43 Å². The fraction of sp³-hybridized carbons (Fsp3) is 0.900. The van der Waals surface area contributed by atoms with Gasteiger partial charge < -0.3 is 0 Å². The van der Waals surface area contributed by atoms with Gasteiger partial charge in [0.05, 0.1) is 0 Å². The third-order valence-corrected chi connectivity index (χ3v) is 4.64. The van der Waals surface area contributed by atoms with Crippen LogP contribution in [0.1, 0.15) is 39.0 Å². The quantitative estimate of drug-likeness (QED) is 0.525. The Bertz CT molecular complexity index is 112. The minimum absolute atomic E-state index is 0.348. The van der Waals surface area contributed by atoms with Gasteiger partial charge in [0, 0.05) is 4.43 Å². The molecule has 0 amide bonds. The van der Waals surface area contributed by atoms with Crippen LogP contribution in [0.4, 0.5) is 0 Å². The molecule has 0 spiro atoms. The fourth-order valence-electron chi connectivity index (χ4n) is 1.91. The molecule has 0 aliphatic heterocycles. The number of halogens is 1. The summed E-state index contributed by atoms with van der Waals surface area (Å²) in [7, 11) is 0. The lowest BCUT2D eigenvalue weighted by atomic mass is 9.72. The number of hydrogen-bond donors (Lipinski definition) is 0. The maximum atomic E-state index is 4.30. The normalized spacial score (nSPS) is 22.1. The largest absolute Gasteiger partial charge is 0.0858 e. The molecule has 1 aliphatic rings. The lowest BCUT2D eigenvalue weighted by molar-refractivity contribution is 0.215. The summed E-state index contributed by atoms with van der Waals surface area (Å²) < 4.78 is 1.20. The molecule has 0 N–H and O–H groups in total. The Kier molecular flexibility index (Phi) is 3.66. The van der Waals surface area contributed by atoms with Crippen molar-refractivity contribution in [1.82, 2.24) is 0 Å². The highest BCUT2D eigenvalue weighted by molar-refractivity contribution is 14.1. The Hall–Kier alpha value is 0.730. The van der Waals surface area contributed by atoms with E-state index in [1.807, 2.05) is 0 Å². The molecule has 1 aliphatic carbocycles. The second-order valence-corrected chi connectivity index (χ2v) is 4.89. The van der Waals surface area contributed by atoms with Crippen LogP contribution in [0.3, 0.4) is 0 Å². The SMILES string of the molecule is [CH2]C(C)(CI)C1CCCCC1. The minimum atomic E-state index is 0.348. The first-order valence-corrected chi connectivity index (χ1v) is 6.11. The molecule has 1 radical (unpaired) electrons. The van der Waals surface area contributed by atoms with Gasteiger partial charge in [0.15, 0.2) is 0 Å². The predicted molar refractivity (Wildman–Crippen MR) is 58.9 cm³/mol. The van der Waals surface area contributed by atoms with Gasteiger partial charge in [0.25, 0.3) is 0 Å². The Labute approximate surface area is 84.3 Å². The second kappa shape index (κ2) is 4.11. The summed E-state index contributed by atoms with van der Waals surface area (Å²) in [5.74, 6) is 0.896. The van der Waals surface area contributed by atoms with E-state index in [2.05, 4.69) is 36.4 Å². The average molecular weight is 265 g/mol. The molecule has 1 saturated carbocycles. The van der Waals surface area contributed by atoms with Crippen LogP contribution in [0.15, 0.2) is 0 Å². The van der Waals surface area contributed by atoms with Crippen molar-refractivity contribution in [2.75, 3.05) is 4.43 Å². The van der Waals surface area contributed by atoms with E-state index >= 15 is 0 Å². The van der Waals surface area contributed by atoms with E-state index in [9.17, 15) is 0 Å². The standard InChI is InChI=1S/C10H18I/c1-10(2,8-11)9-6-4-3-5-7-9/h9H,1,3-8H2,2H3. The molecule has 0 aromatic carbocycles. The zero-order valence-electron chi connectivity index (χ0n) is 7.41. The topological polar surface area (TPSA) is 0 Å². The highest BCUT2D eigenvalue weighted by Crippen LogP contribution is 2.38. The van der Waals surface area contributed by atoms with Gasteiger partial charge in [-0.1, -0.05) is 48.8 Å². The highest BCUT2D eigenvalue weighted by Gasteiger charge is 2.29. The minimum Gasteiger partial charge on any atom is -0.0858 e. The van der Waals surface area contributed by atoms with Crippen LogP contribution in [-0.2, 0) is 0 Å². The molecular weight excluding hydrogens is 247 g/mol. The zero-order valence-corrected chi connectivity index (χ0v) is 9.56. The van der Waals surface area contributed by atoms with Crippen molar-refractivity contribution < 1.29 is 0 Å². The third kappa shape index (κ3) is 2.60. The van der Waals surface area contributed by atoms with Crippen molar-refractivity contribution in [1.29, 1.82) is 0 Å². The van der Waals surface area contributed by atoms with E-state index < -0.39 is 0 Å². The van der Waals surface area contributed by atoms with Crippen molar-refractivity contribution in [2.24, 2.45) is 11.3 Å². The molecule has 0 bridgehead atoms. The van der Waals surface area contributed by atoms with E-state index in [0.29, 0.717) is 5.41 Å². The molecule has 11 heavy (non-hydrogen) atoms. The first kappa shape index (κ1) is 9.82. The number of alkyl halides is 1. The molecule has 0 saturated heterocycles. The van der Waals surface area contributed by atoms with Gasteiger partial charge in [-0.3, -0.25) is 0 Å². The van der Waals surface area contributed by atoms with Gasteiger partial charge in [0.2, 0.25) is 0 Å². The van der Waals surface area contributed by atoms with Crippen molar-refractivity contribution in [3.05, 3.63) is 6.92 Å². The summed E-state index contributed by atoms with van der Waals surface area (Å²) >= 11 is 2.47. The van der Waals surface area contributed by atoms with E-state index in [0.717, 1.165) is 5.92 Å². The lowest BCUT2D eigenvalue weighted by Crippen LogP contribution is -2.27. The Morgan fingerprint density at radius 1 is 1.36 bits per heavy atom. The van der Waals surface area contributed by atoms with Crippen molar-refractivity contribution in [3.63, 3.8) is 0 Å². The smallest absolute Gasteiger partial charge is 0.00520 e. The van der Waals surface area contributed by atoms with E-state index in [-0.39, 0.29) is 0 Å². The van der Waals surface area contributed by atoms with Gasteiger partial charge in [-0.05, 0) is 31.1 Å². The van der Waals surface area contributed by atoms with Crippen LogP contribution in [0.25, 0.3) is 0 Å². The molecule has 1 atom stereocenters. The first-order chi connectivity index (χ1) is 5.17. The molecule has 1 heteroatoms. The van der Waals surface area contributed by atoms with Gasteiger partial charge in [-0.2, -0.15) is 0 Å². The van der Waals surface area contributed by atoms with Crippen LogP contribution in [0, 0.1) is 18.3 Å². The Morgan fingerprint density at radius 2 is 1.91 bits per heavy atom. The summed E-state index contributed by atoms with van der Waals surface area (Å²) in [6, 6.07) is 0. The number of hydrogen-bond acceptors (Lipinski definition) is 0. The van der Waals surface area contributed by atoms with Crippen LogP contribution in [0.5, 0.6) is 0 Å². The Balaban J connectivity index is 2.43. The summed E-state index contributed by atoms with van der Waals surface area (Å²) in [4.78, 5) is 0. The molecular formula is C10H18I. The maximum Gasteiger partial charge on any atom is 0.00520 e. The van der Waals surface area contributed by atoms with Crippen molar-refractivity contribution >= 4 is 22.6 Å². The predicted octanol–water partition coefficient (Wildman–Crippen LogP) is 3.84. The summed E-state index contributed by atoms with van der Waals surface area (Å²) in [6.07, 6.45) is 7.17. The first-order valence-electron chi connectivity index (χ1n) is 4.58. The maximum absolute atomic E-state index is 4.30. The molecule has 0 aromatic heterocycles. The van der Waals surface area contributed by atoms with Crippen molar-refractivity contribution in [2.45, 2.75) is 39.0 Å². The van der Waals surface area contributed by atoms with Crippen LogP contribution in [0.2, 0.25) is 0 Å². The molecule has 65 valence electrons. The molecule has 0 aromatic rings. The average Bonchev–Trinajstić information content (AvgIpc) is 2.06. The second-order valence-electron chi connectivity index (χ2n) is 4.12. The van der Waals surface area contributed by atoms with E-state index in [4.69, 9.17) is 0 Å². The fourth-order valence-corrected chi connectivity index (χ4v) is 2.53. The van der Waals surface area contributed by atoms with Gasteiger partial charge in [-0.25, -0.2) is 0 Å². The lowest BCUT2D eigenvalue weighted by Gasteiger charge is -2.35. The number of rotatable bonds is 2. The molecule has 0 heterocycles. The van der Waals surface area contributed by atoms with Gasteiger partial charge >= 0.3 is 0 Å². The third-order valence-electron chi connectivity index (χ3n) is 2.90. The van der Waals surface area contributed by atoms with Crippen LogP contribution < -0.4 is 0 Å². The van der Waals surface area contributed by atoms with Gasteiger partial charge in [-0.15, -0.1) is 0 Å². The van der Waals surface area contributed by atoms with E-state index in [1.165, 1.54) is 36.5 Å². The molecule has 0 nitrogen and oxygen atoms in total. The van der Waals surface area contributed by atoms with Gasteiger partial charge in [0.1, 0.15) is 0 Å². The Morgan fingerprint density at radius 3 is 2.36 bits per heavy atom.